The van der Waals surface area contributed by atoms with Crippen LogP contribution < -0.4 is 4.74 Å². The van der Waals surface area contributed by atoms with E-state index in [1.165, 1.54) is 0 Å². The zero-order chi connectivity index (χ0) is 15.4. The van der Waals surface area contributed by atoms with Gasteiger partial charge in [-0.1, -0.05) is 12.1 Å². The van der Waals surface area contributed by atoms with Crippen LogP contribution in [0, 0.1) is 0 Å². The summed E-state index contributed by atoms with van der Waals surface area (Å²) >= 11 is 0. The van der Waals surface area contributed by atoms with Crippen LogP contribution in [0.4, 0.5) is 0 Å². The van der Waals surface area contributed by atoms with Gasteiger partial charge in [-0.15, -0.1) is 0 Å². The first kappa shape index (κ1) is 14.4. The van der Waals surface area contributed by atoms with Gasteiger partial charge in [-0.3, -0.25) is 4.79 Å². The van der Waals surface area contributed by atoms with E-state index < -0.39 is 0 Å². The van der Waals surface area contributed by atoms with Gasteiger partial charge in [0, 0.05) is 11.1 Å². The maximum Gasteiger partial charge on any atom is 0.185 e. The van der Waals surface area contributed by atoms with Gasteiger partial charge >= 0.3 is 0 Å². The Labute approximate surface area is 129 Å². The average Bonchev–Trinajstić information content (AvgIpc) is 3.05. The zero-order valence-electron chi connectivity index (χ0n) is 12.5. The second-order valence-electron chi connectivity index (χ2n) is 5.31. The molecule has 3 heteroatoms. The van der Waals surface area contributed by atoms with E-state index in [1.807, 2.05) is 48.6 Å². The first-order chi connectivity index (χ1) is 10.8. The van der Waals surface area contributed by atoms with E-state index in [9.17, 15) is 4.79 Å². The van der Waals surface area contributed by atoms with E-state index in [0.29, 0.717) is 0 Å². The molecule has 1 heterocycles. The third-order valence-corrected chi connectivity index (χ3v) is 3.79. The Morgan fingerprint density at radius 3 is 2.41 bits per heavy atom. The number of hydrogen-bond donors (Lipinski definition) is 0. The van der Waals surface area contributed by atoms with Crippen molar-refractivity contribution in [1.82, 2.24) is 0 Å². The molecule has 0 radical (unpaired) electrons. The average molecular weight is 294 g/mol. The highest BCUT2D eigenvalue weighted by Crippen LogP contribution is 2.28. The van der Waals surface area contributed by atoms with Crippen LogP contribution in [0.3, 0.4) is 0 Å². The van der Waals surface area contributed by atoms with Crippen molar-refractivity contribution in [3.8, 4) is 5.75 Å². The minimum Gasteiger partial charge on any atom is -0.497 e. The molecular formula is C19H18O3. The predicted octanol–water partition coefficient (Wildman–Crippen LogP) is 4.51. The second kappa shape index (κ2) is 6.48. The highest BCUT2D eigenvalue weighted by atomic mass is 16.5. The van der Waals surface area contributed by atoms with Crippen LogP contribution in [0.2, 0.25) is 0 Å². The van der Waals surface area contributed by atoms with E-state index in [0.717, 1.165) is 47.5 Å². The maximum atomic E-state index is 12.6. The van der Waals surface area contributed by atoms with Crippen molar-refractivity contribution >= 4 is 17.9 Å². The van der Waals surface area contributed by atoms with E-state index in [4.69, 9.17) is 9.15 Å². The quantitative estimate of drug-likeness (QED) is 0.782. The molecule has 3 nitrogen and oxygen atoms in total. The Balaban J connectivity index is 1.84. The molecule has 2 aromatic rings. The van der Waals surface area contributed by atoms with E-state index in [2.05, 4.69) is 0 Å². The van der Waals surface area contributed by atoms with Gasteiger partial charge in [0.15, 0.2) is 5.78 Å². The van der Waals surface area contributed by atoms with Crippen LogP contribution in [0.25, 0.3) is 12.2 Å². The molecule has 0 bridgehead atoms. The molecule has 0 saturated heterocycles. The summed E-state index contributed by atoms with van der Waals surface area (Å²) in [5.74, 6) is 1.67. The Bertz CT molecular complexity index is 704. The molecule has 1 saturated carbocycles. The first-order valence-electron chi connectivity index (χ1n) is 7.39. The Kier molecular flexibility index (Phi) is 4.24. The number of benzene rings is 1. The zero-order valence-corrected chi connectivity index (χ0v) is 12.5. The Morgan fingerprint density at radius 1 is 1.05 bits per heavy atom. The molecule has 0 atom stereocenters. The number of Topliss-reactive ketones (excluding diaryl/α,β-unsaturated/α-hetero) is 1. The molecule has 1 aliphatic carbocycles. The van der Waals surface area contributed by atoms with Crippen molar-refractivity contribution in [2.45, 2.75) is 19.3 Å². The third-order valence-electron chi connectivity index (χ3n) is 3.79. The largest absolute Gasteiger partial charge is 0.497 e. The number of ketones is 1. The number of carbonyl (C=O) groups is 1. The monoisotopic (exact) mass is 294 g/mol. The van der Waals surface area contributed by atoms with E-state index >= 15 is 0 Å². The molecule has 112 valence electrons. The predicted molar refractivity (Wildman–Crippen MR) is 86.5 cm³/mol. The van der Waals surface area contributed by atoms with Gasteiger partial charge in [-0.25, -0.2) is 0 Å². The molecule has 3 rings (SSSR count). The molecule has 0 aliphatic heterocycles. The standard InChI is InChI=1S/C19H18O3/c1-21-17-9-7-14(8-10-17)12-15-4-2-5-16(19(15)20)13-18-6-3-11-22-18/h3,6-13H,2,4-5H2,1H3/b15-12-,16-13-. The molecule has 1 aromatic carbocycles. The third kappa shape index (κ3) is 3.19. The van der Waals surface area contributed by atoms with Crippen LogP contribution in [-0.2, 0) is 4.79 Å². The van der Waals surface area contributed by atoms with Crippen LogP contribution in [0.5, 0.6) is 5.75 Å². The normalized spacial score (nSPS) is 18.9. The fourth-order valence-electron chi connectivity index (χ4n) is 2.62. The summed E-state index contributed by atoms with van der Waals surface area (Å²) in [4.78, 5) is 12.6. The number of hydrogen-bond acceptors (Lipinski definition) is 3. The van der Waals surface area contributed by atoms with Gasteiger partial charge in [-0.2, -0.15) is 0 Å². The molecular weight excluding hydrogens is 276 g/mol. The number of furan rings is 1. The van der Waals surface area contributed by atoms with Gasteiger partial charge in [0.05, 0.1) is 13.4 Å². The lowest BCUT2D eigenvalue weighted by Crippen LogP contribution is -2.12. The molecule has 0 unspecified atom stereocenters. The molecule has 1 aliphatic rings. The van der Waals surface area contributed by atoms with Crippen molar-refractivity contribution in [2.75, 3.05) is 7.11 Å². The fraction of sp³-hybridized carbons (Fsp3) is 0.211. The summed E-state index contributed by atoms with van der Waals surface area (Å²) in [6, 6.07) is 11.4. The second-order valence-corrected chi connectivity index (χ2v) is 5.31. The molecule has 1 aromatic heterocycles. The number of carbonyl (C=O) groups excluding carboxylic acids is 1. The van der Waals surface area contributed by atoms with Crippen LogP contribution in [0.15, 0.2) is 58.2 Å². The van der Waals surface area contributed by atoms with Gasteiger partial charge in [0.2, 0.25) is 0 Å². The first-order valence-corrected chi connectivity index (χ1v) is 7.39. The highest BCUT2D eigenvalue weighted by molar-refractivity contribution is 6.13. The Morgan fingerprint density at radius 2 is 1.77 bits per heavy atom. The van der Waals surface area contributed by atoms with Crippen molar-refractivity contribution in [3.05, 3.63) is 65.1 Å². The maximum absolute atomic E-state index is 12.6. The smallest absolute Gasteiger partial charge is 0.185 e. The lowest BCUT2D eigenvalue weighted by Gasteiger charge is -2.16. The van der Waals surface area contributed by atoms with E-state index in [1.54, 1.807) is 13.4 Å². The summed E-state index contributed by atoms with van der Waals surface area (Å²) in [5, 5.41) is 0. The van der Waals surface area contributed by atoms with Gasteiger partial charge in [0.25, 0.3) is 0 Å². The minimum atomic E-state index is 0.124. The molecule has 1 fully saturated rings. The lowest BCUT2D eigenvalue weighted by molar-refractivity contribution is -0.112. The van der Waals surface area contributed by atoms with Gasteiger partial charge in [-0.05, 0) is 61.2 Å². The van der Waals surface area contributed by atoms with Gasteiger partial charge in [0.1, 0.15) is 11.5 Å². The summed E-state index contributed by atoms with van der Waals surface area (Å²) in [6.07, 6.45) is 8.05. The van der Waals surface area contributed by atoms with Crippen LogP contribution in [-0.4, -0.2) is 12.9 Å². The Hall–Kier alpha value is -2.55. The van der Waals surface area contributed by atoms with Crippen molar-refractivity contribution in [2.24, 2.45) is 0 Å². The van der Waals surface area contributed by atoms with Gasteiger partial charge < -0.3 is 9.15 Å². The number of rotatable bonds is 3. The van der Waals surface area contributed by atoms with E-state index in [-0.39, 0.29) is 5.78 Å². The lowest BCUT2D eigenvalue weighted by atomic mass is 9.87. The number of ether oxygens (including phenoxy) is 1. The number of methoxy groups -OCH3 is 1. The molecule has 0 amide bonds. The van der Waals surface area contributed by atoms with Crippen LogP contribution >= 0.6 is 0 Å². The minimum absolute atomic E-state index is 0.124. The summed E-state index contributed by atoms with van der Waals surface area (Å²) < 4.78 is 10.5. The number of allylic oxidation sites excluding steroid dienone is 2. The highest BCUT2D eigenvalue weighted by Gasteiger charge is 2.20. The van der Waals surface area contributed by atoms with Crippen molar-refractivity contribution < 1.29 is 13.9 Å². The van der Waals surface area contributed by atoms with Crippen molar-refractivity contribution in [3.63, 3.8) is 0 Å². The molecule has 22 heavy (non-hydrogen) atoms. The van der Waals surface area contributed by atoms with Crippen LogP contribution in [0.1, 0.15) is 30.6 Å². The topological polar surface area (TPSA) is 39.4 Å². The van der Waals surface area contributed by atoms with Crippen molar-refractivity contribution in [1.29, 1.82) is 0 Å². The summed E-state index contributed by atoms with van der Waals surface area (Å²) in [6.45, 7) is 0. The SMILES string of the molecule is COc1ccc(/C=C2/CCC/C(=C/c3ccco3)C2=O)cc1. The molecule has 0 N–H and O–H groups in total. The summed E-state index contributed by atoms with van der Waals surface area (Å²) in [7, 11) is 1.64. The summed E-state index contributed by atoms with van der Waals surface area (Å²) in [5.41, 5.74) is 2.69. The molecule has 0 spiro atoms. The fourth-order valence-corrected chi connectivity index (χ4v) is 2.62.